The Morgan fingerprint density at radius 1 is 1.03 bits per heavy atom. The van der Waals surface area contributed by atoms with Crippen LogP contribution in [0.15, 0.2) is 53.7 Å². The summed E-state index contributed by atoms with van der Waals surface area (Å²) in [4.78, 5) is 11.9. The van der Waals surface area contributed by atoms with Crippen LogP contribution in [0.25, 0.3) is 22.6 Å². The fourth-order valence-electron chi connectivity index (χ4n) is 3.21. The van der Waals surface area contributed by atoms with E-state index in [1.165, 1.54) is 23.8 Å². The maximum absolute atomic E-state index is 13.1. The number of hydrogen-bond donors (Lipinski definition) is 0. The van der Waals surface area contributed by atoms with Crippen LogP contribution in [0.5, 0.6) is 0 Å². The second kappa shape index (κ2) is 8.74. The Bertz CT molecular complexity index is 1570. The van der Waals surface area contributed by atoms with Crippen molar-refractivity contribution in [2.24, 2.45) is 7.05 Å². The lowest BCUT2D eigenvalue weighted by molar-refractivity contribution is -0.141. The van der Waals surface area contributed by atoms with Crippen molar-refractivity contribution in [3.8, 4) is 23.4 Å². The van der Waals surface area contributed by atoms with E-state index in [9.17, 15) is 21.6 Å². The van der Waals surface area contributed by atoms with Gasteiger partial charge in [0.2, 0.25) is 0 Å². The van der Waals surface area contributed by atoms with Crippen molar-refractivity contribution in [2.75, 3.05) is 5.75 Å². The third-order valence-corrected chi connectivity index (χ3v) is 7.03. The standard InChI is InChI=1S/C23H16ClF3N4O2S/c1-3-34(32,33)19-10-15(5-4-14-6-8-16(24)9-7-14)12-29-21(19)22-30-17-11-20(23(25,26)27)28-13-18(17)31(22)2/h6-13H,3H2,1-2H3. The summed E-state index contributed by atoms with van der Waals surface area (Å²) in [6.45, 7) is 1.49. The lowest BCUT2D eigenvalue weighted by Crippen LogP contribution is -2.09. The Balaban J connectivity index is 1.86. The summed E-state index contributed by atoms with van der Waals surface area (Å²) in [5, 5.41) is 0.563. The quantitative estimate of drug-likeness (QED) is 0.371. The van der Waals surface area contributed by atoms with Crippen LogP contribution in [0.1, 0.15) is 23.7 Å². The molecule has 0 fully saturated rings. The molecule has 34 heavy (non-hydrogen) atoms. The first-order chi connectivity index (χ1) is 16.0. The van der Waals surface area contributed by atoms with E-state index in [2.05, 4.69) is 26.8 Å². The first kappa shape index (κ1) is 23.7. The molecule has 4 aromatic rings. The summed E-state index contributed by atoms with van der Waals surface area (Å²) < 4.78 is 66.4. The summed E-state index contributed by atoms with van der Waals surface area (Å²) in [7, 11) is -2.22. The minimum Gasteiger partial charge on any atom is -0.324 e. The number of hydrogen-bond acceptors (Lipinski definition) is 5. The van der Waals surface area contributed by atoms with Gasteiger partial charge in [0.1, 0.15) is 11.4 Å². The predicted molar refractivity (Wildman–Crippen MR) is 122 cm³/mol. The van der Waals surface area contributed by atoms with Gasteiger partial charge in [-0.1, -0.05) is 30.4 Å². The average molecular weight is 505 g/mol. The second-order valence-electron chi connectivity index (χ2n) is 7.28. The van der Waals surface area contributed by atoms with Gasteiger partial charge >= 0.3 is 6.18 Å². The first-order valence-electron chi connectivity index (χ1n) is 9.90. The number of pyridine rings is 2. The largest absolute Gasteiger partial charge is 0.433 e. The highest BCUT2D eigenvalue weighted by Crippen LogP contribution is 2.32. The number of fused-ring (bicyclic) bond motifs is 1. The molecule has 3 aromatic heterocycles. The molecular weight excluding hydrogens is 489 g/mol. The summed E-state index contributed by atoms with van der Waals surface area (Å²) in [6.07, 6.45) is -2.19. The van der Waals surface area contributed by atoms with E-state index >= 15 is 0 Å². The number of halogens is 4. The van der Waals surface area contributed by atoms with Crippen molar-refractivity contribution in [2.45, 2.75) is 18.0 Å². The number of aromatic nitrogens is 4. The summed E-state index contributed by atoms with van der Waals surface area (Å²) in [5.74, 6) is 5.69. The maximum Gasteiger partial charge on any atom is 0.433 e. The monoisotopic (exact) mass is 504 g/mol. The number of nitrogens with zero attached hydrogens (tertiary/aromatic N) is 4. The van der Waals surface area contributed by atoms with E-state index in [-0.39, 0.29) is 27.7 Å². The van der Waals surface area contributed by atoms with Crippen LogP contribution in [0.4, 0.5) is 13.2 Å². The zero-order valence-corrected chi connectivity index (χ0v) is 19.4. The van der Waals surface area contributed by atoms with E-state index in [4.69, 9.17) is 11.6 Å². The zero-order chi connectivity index (χ0) is 24.7. The molecule has 1 aromatic carbocycles. The normalized spacial score (nSPS) is 11.9. The van der Waals surface area contributed by atoms with Gasteiger partial charge in [0.25, 0.3) is 0 Å². The minimum atomic E-state index is -4.63. The van der Waals surface area contributed by atoms with Crippen molar-refractivity contribution in [3.63, 3.8) is 0 Å². The van der Waals surface area contributed by atoms with Gasteiger partial charge in [0, 0.05) is 29.4 Å². The molecule has 0 unspecified atom stereocenters. The highest BCUT2D eigenvalue weighted by atomic mass is 35.5. The van der Waals surface area contributed by atoms with Crippen molar-refractivity contribution in [3.05, 3.63) is 70.6 Å². The van der Waals surface area contributed by atoms with Gasteiger partial charge in [-0.25, -0.2) is 18.4 Å². The fraction of sp³-hybridized carbons (Fsp3) is 0.174. The van der Waals surface area contributed by atoms with Crippen LogP contribution in [-0.4, -0.2) is 33.7 Å². The molecule has 0 aliphatic heterocycles. The number of alkyl halides is 3. The molecule has 4 rings (SSSR count). The molecule has 0 aliphatic rings. The van der Waals surface area contributed by atoms with Crippen LogP contribution in [-0.2, 0) is 23.1 Å². The third kappa shape index (κ3) is 4.62. The Morgan fingerprint density at radius 3 is 2.35 bits per heavy atom. The van der Waals surface area contributed by atoms with E-state index in [0.717, 1.165) is 12.3 Å². The molecule has 0 radical (unpaired) electrons. The number of rotatable bonds is 3. The molecule has 0 saturated carbocycles. The van der Waals surface area contributed by atoms with Gasteiger partial charge in [-0.3, -0.25) is 4.98 Å². The molecule has 0 spiro atoms. The Morgan fingerprint density at radius 2 is 1.71 bits per heavy atom. The van der Waals surface area contributed by atoms with Gasteiger partial charge in [-0.15, -0.1) is 0 Å². The fourth-order valence-corrected chi connectivity index (χ4v) is 4.39. The lowest BCUT2D eigenvalue weighted by Gasteiger charge is -2.09. The summed E-state index contributed by atoms with van der Waals surface area (Å²) in [5.41, 5.74) is 0.282. The Hall–Kier alpha value is -3.42. The van der Waals surface area contributed by atoms with E-state index in [1.807, 2.05) is 0 Å². The Kier molecular flexibility index (Phi) is 6.10. The lowest BCUT2D eigenvalue weighted by atomic mass is 10.2. The molecule has 0 N–H and O–H groups in total. The Labute approximate surface area is 198 Å². The van der Waals surface area contributed by atoms with E-state index < -0.39 is 21.7 Å². The third-order valence-electron chi connectivity index (χ3n) is 5.03. The van der Waals surface area contributed by atoms with Crippen LogP contribution in [0.2, 0.25) is 5.02 Å². The second-order valence-corrected chi connectivity index (χ2v) is 9.96. The molecular formula is C23H16ClF3N4O2S. The summed E-state index contributed by atoms with van der Waals surface area (Å²) >= 11 is 5.87. The molecule has 3 heterocycles. The predicted octanol–water partition coefficient (Wildman–Crippen LogP) is 4.90. The van der Waals surface area contributed by atoms with Gasteiger partial charge < -0.3 is 4.57 Å². The summed E-state index contributed by atoms with van der Waals surface area (Å²) in [6, 6.07) is 9.03. The molecule has 6 nitrogen and oxygen atoms in total. The van der Waals surface area contributed by atoms with Gasteiger partial charge in [0.15, 0.2) is 15.7 Å². The molecule has 174 valence electrons. The number of sulfone groups is 1. The van der Waals surface area contributed by atoms with E-state index in [0.29, 0.717) is 21.7 Å². The van der Waals surface area contributed by atoms with Crippen LogP contribution < -0.4 is 0 Å². The number of aryl methyl sites for hydroxylation is 1. The number of imidazole rings is 1. The first-order valence-corrected chi connectivity index (χ1v) is 11.9. The highest BCUT2D eigenvalue weighted by Gasteiger charge is 2.33. The van der Waals surface area contributed by atoms with Crippen LogP contribution in [0.3, 0.4) is 0 Å². The van der Waals surface area contributed by atoms with Crippen molar-refractivity contribution in [1.82, 2.24) is 19.5 Å². The van der Waals surface area contributed by atoms with Gasteiger partial charge in [0.05, 0.1) is 27.9 Å². The van der Waals surface area contributed by atoms with Crippen molar-refractivity contribution >= 4 is 32.5 Å². The molecule has 0 aliphatic carbocycles. The highest BCUT2D eigenvalue weighted by molar-refractivity contribution is 7.91. The SMILES string of the molecule is CCS(=O)(=O)c1cc(C#Cc2ccc(Cl)cc2)cnc1-c1nc2cc(C(F)(F)F)ncc2n1C. The topological polar surface area (TPSA) is 77.7 Å². The average Bonchev–Trinajstić information content (AvgIpc) is 3.13. The van der Waals surface area contributed by atoms with Crippen LogP contribution >= 0.6 is 11.6 Å². The van der Waals surface area contributed by atoms with Gasteiger partial charge in [-0.05, 0) is 36.4 Å². The molecule has 11 heteroatoms. The molecule has 0 saturated heterocycles. The maximum atomic E-state index is 13.1. The molecule has 0 amide bonds. The van der Waals surface area contributed by atoms with Crippen molar-refractivity contribution in [1.29, 1.82) is 0 Å². The van der Waals surface area contributed by atoms with Gasteiger partial charge in [-0.2, -0.15) is 13.2 Å². The van der Waals surface area contributed by atoms with Crippen LogP contribution in [0, 0.1) is 11.8 Å². The number of benzene rings is 1. The van der Waals surface area contributed by atoms with Crippen molar-refractivity contribution < 1.29 is 21.6 Å². The minimum absolute atomic E-state index is 0.0196. The molecule has 0 bridgehead atoms. The zero-order valence-electron chi connectivity index (χ0n) is 17.9. The smallest absolute Gasteiger partial charge is 0.324 e. The van der Waals surface area contributed by atoms with E-state index in [1.54, 1.807) is 31.3 Å². The molecule has 0 atom stereocenters.